The van der Waals surface area contributed by atoms with Crippen molar-refractivity contribution in [1.29, 1.82) is 0 Å². The lowest BCUT2D eigenvalue weighted by Crippen LogP contribution is -2.58. The van der Waals surface area contributed by atoms with E-state index >= 15 is 0 Å². The number of benzene rings is 1. The zero-order valence-corrected chi connectivity index (χ0v) is 24.3. The second-order valence-electron chi connectivity index (χ2n) is 10.4. The number of aromatic nitrogens is 1. The number of carbonyl (C=O) groups excluding carboxylic acids is 3. The topological polar surface area (TPSA) is 166 Å². The summed E-state index contributed by atoms with van der Waals surface area (Å²) in [5.41, 5.74) is 7.88. The Morgan fingerprint density at radius 3 is 2.21 bits per heavy atom. The molecule has 2 aromatic rings. The van der Waals surface area contributed by atoms with E-state index in [2.05, 4.69) is 20.9 Å². The first-order valence-electron chi connectivity index (χ1n) is 13.4. The summed E-state index contributed by atoms with van der Waals surface area (Å²) in [5.74, 6) is -2.17. The molecule has 0 aliphatic heterocycles. The van der Waals surface area contributed by atoms with Gasteiger partial charge in [-0.15, -0.1) is 0 Å². The Morgan fingerprint density at radius 2 is 1.59 bits per heavy atom. The van der Waals surface area contributed by atoms with Crippen molar-refractivity contribution in [2.45, 2.75) is 77.5 Å². The Balaban J connectivity index is 2.30. The first kappa shape index (κ1) is 32.2. The van der Waals surface area contributed by atoms with Crippen LogP contribution in [0.25, 0.3) is 10.9 Å². The van der Waals surface area contributed by atoms with Crippen molar-refractivity contribution in [3.8, 4) is 0 Å². The second-order valence-corrected chi connectivity index (χ2v) is 11.4. The third-order valence-corrected chi connectivity index (χ3v) is 7.50. The highest BCUT2D eigenvalue weighted by atomic mass is 32.2. The summed E-state index contributed by atoms with van der Waals surface area (Å²) in [6, 6.07) is 3.81. The van der Waals surface area contributed by atoms with Gasteiger partial charge < -0.3 is 31.8 Å². The smallest absolute Gasteiger partial charge is 0.326 e. The molecule has 0 spiro atoms. The minimum absolute atomic E-state index is 0.0380. The number of amides is 3. The number of hydrogen-bond acceptors (Lipinski definition) is 6. The molecule has 5 unspecified atom stereocenters. The van der Waals surface area contributed by atoms with Crippen molar-refractivity contribution < 1.29 is 24.3 Å². The maximum Gasteiger partial charge on any atom is 0.326 e. The van der Waals surface area contributed by atoms with E-state index < -0.39 is 47.9 Å². The molecule has 216 valence electrons. The first-order valence-corrected chi connectivity index (χ1v) is 14.8. The summed E-state index contributed by atoms with van der Waals surface area (Å²) >= 11 is 1.48. The SMILES string of the molecule is CCC(C)C(N)C(=O)NC(Cc1c[nH]c2ccccc12)C(=O)NC(CC(C)C)C(=O)NC(CCSC)C(=O)O. The van der Waals surface area contributed by atoms with Crippen LogP contribution in [0.15, 0.2) is 30.5 Å². The van der Waals surface area contributed by atoms with Crippen LogP contribution in [-0.4, -0.2) is 70.0 Å². The van der Waals surface area contributed by atoms with Gasteiger partial charge in [0.25, 0.3) is 0 Å². The van der Waals surface area contributed by atoms with E-state index in [0.717, 1.165) is 16.5 Å². The number of aliphatic carboxylic acids is 1. The number of carboxylic acid groups (broad SMARTS) is 1. The summed E-state index contributed by atoms with van der Waals surface area (Å²) in [6.07, 6.45) is 5.09. The van der Waals surface area contributed by atoms with Crippen LogP contribution in [0.5, 0.6) is 0 Å². The van der Waals surface area contributed by atoms with Crippen LogP contribution in [0, 0.1) is 11.8 Å². The van der Waals surface area contributed by atoms with Crippen molar-refractivity contribution in [2.24, 2.45) is 17.6 Å². The number of hydrogen-bond donors (Lipinski definition) is 6. The fourth-order valence-corrected chi connectivity index (χ4v) is 4.72. The zero-order chi connectivity index (χ0) is 29.1. The molecule has 0 aliphatic carbocycles. The average molecular weight is 562 g/mol. The van der Waals surface area contributed by atoms with E-state index in [9.17, 15) is 24.3 Å². The predicted molar refractivity (Wildman–Crippen MR) is 155 cm³/mol. The van der Waals surface area contributed by atoms with Gasteiger partial charge in [0.2, 0.25) is 17.7 Å². The molecule has 1 heterocycles. The van der Waals surface area contributed by atoms with Crippen LogP contribution in [0.2, 0.25) is 0 Å². The molecule has 5 atom stereocenters. The number of aromatic amines is 1. The zero-order valence-electron chi connectivity index (χ0n) is 23.5. The van der Waals surface area contributed by atoms with Gasteiger partial charge in [0.1, 0.15) is 18.1 Å². The minimum Gasteiger partial charge on any atom is -0.480 e. The van der Waals surface area contributed by atoms with Gasteiger partial charge in [-0.05, 0) is 48.3 Å². The van der Waals surface area contributed by atoms with E-state index in [1.807, 2.05) is 58.2 Å². The van der Waals surface area contributed by atoms with Crippen LogP contribution in [0.3, 0.4) is 0 Å². The summed E-state index contributed by atoms with van der Waals surface area (Å²) in [4.78, 5) is 54.6. The van der Waals surface area contributed by atoms with E-state index in [0.29, 0.717) is 18.6 Å². The summed E-state index contributed by atoms with van der Waals surface area (Å²) < 4.78 is 0. The molecule has 11 heteroatoms. The number of thioether (sulfide) groups is 1. The number of nitrogens with one attached hydrogen (secondary N) is 4. The van der Waals surface area contributed by atoms with Crippen molar-refractivity contribution >= 4 is 46.4 Å². The third kappa shape index (κ3) is 9.58. The number of carbonyl (C=O) groups is 4. The van der Waals surface area contributed by atoms with Crippen molar-refractivity contribution in [1.82, 2.24) is 20.9 Å². The van der Waals surface area contributed by atoms with E-state index in [1.54, 1.807) is 6.20 Å². The highest BCUT2D eigenvalue weighted by Gasteiger charge is 2.32. The molecule has 39 heavy (non-hydrogen) atoms. The van der Waals surface area contributed by atoms with Crippen LogP contribution >= 0.6 is 11.8 Å². The summed E-state index contributed by atoms with van der Waals surface area (Å²) in [5, 5.41) is 18.6. The number of carboxylic acids is 1. The number of fused-ring (bicyclic) bond motifs is 1. The Bertz CT molecular complexity index is 1120. The standard InChI is InChI=1S/C28H43N5O5S/c1-6-17(4)24(29)27(36)33-23(14-18-15-30-20-10-8-7-9-19(18)20)26(35)32-22(13-16(2)3)25(34)31-21(28(37)38)11-12-39-5/h7-10,15-17,21-24,30H,6,11-14,29H2,1-5H3,(H,31,34)(H,32,35)(H,33,36)(H,37,38). The van der Waals surface area contributed by atoms with Gasteiger partial charge in [-0.2, -0.15) is 11.8 Å². The van der Waals surface area contributed by atoms with E-state index in [1.165, 1.54) is 11.8 Å². The molecular formula is C28H43N5O5S. The number of rotatable bonds is 16. The van der Waals surface area contributed by atoms with Crippen molar-refractivity contribution in [3.05, 3.63) is 36.0 Å². The quantitative estimate of drug-likeness (QED) is 0.183. The van der Waals surface area contributed by atoms with Crippen LogP contribution in [0.4, 0.5) is 0 Å². The largest absolute Gasteiger partial charge is 0.480 e. The molecule has 0 radical (unpaired) electrons. The molecule has 3 amide bonds. The molecular weight excluding hydrogens is 518 g/mol. The fourth-order valence-electron chi connectivity index (χ4n) is 4.25. The van der Waals surface area contributed by atoms with Crippen LogP contribution in [-0.2, 0) is 25.6 Å². The Kier molecular flexibility index (Phi) is 12.8. The van der Waals surface area contributed by atoms with Gasteiger partial charge in [-0.1, -0.05) is 52.3 Å². The lowest BCUT2D eigenvalue weighted by molar-refractivity contribution is -0.142. The second kappa shape index (κ2) is 15.5. The van der Waals surface area contributed by atoms with Crippen molar-refractivity contribution in [3.63, 3.8) is 0 Å². The van der Waals surface area contributed by atoms with Gasteiger partial charge in [-0.25, -0.2) is 4.79 Å². The molecule has 0 aliphatic rings. The monoisotopic (exact) mass is 561 g/mol. The molecule has 2 rings (SSSR count). The maximum atomic E-state index is 13.6. The summed E-state index contributed by atoms with van der Waals surface area (Å²) in [6.45, 7) is 7.63. The highest BCUT2D eigenvalue weighted by molar-refractivity contribution is 7.98. The molecule has 1 aromatic heterocycles. The highest BCUT2D eigenvalue weighted by Crippen LogP contribution is 2.20. The number of nitrogens with two attached hydrogens (primary N) is 1. The fraction of sp³-hybridized carbons (Fsp3) is 0.571. The van der Waals surface area contributed by atoms with E-state index in [-0.39, 0.29) is 24.7 Å². The maximum absolute atomic E-state index is 13.6. The molecule has 10 nitrogen and oxygen atoms in total. The van der Waals surface area contributed by atoms with Gasteiger partial charge in [0.05, 0.1) is 6.04 Å². The van der Waals surface area contributed by atoms with Crippen LogP contribution in [0.1, 0.15) is 52.5 Å². The minimum atomic E-state index is -1.13. The van der Waals surface area contributed by atoms with Crippen LogP contribution < -0.4 is 21.7 Å². The number of para-hydroxylation sites is 1. The molecule has 0 fully saturated rings. The van der Waals surface area contributed by atoms with Gasteiger partial charge in [-0.3, -0.25) is 14.4 Å². The molecule has 1 aromatic carbocycles. The predicted octanol–water partition coefficient (Wildman–Crippen LogP) is 2.42. The number of H-pyrrole nitrogens is 1. The first-order chi connectivity index (χ1) is 18.5. The Morgan fingerprint density at radius 1 is 0.974 bits per heavy atom. The lowest BCUT2D eigenvalue weighted by Gasteiger charge is -2.27. The summed E-state index contributed by atoms with van der Waals surface area (Å²) in [7, 11) is 0. The van der Waals surface area contributed by atoms with Gasteiger partial charge in [0, 0.05) is 23.5 Å². The van der Waals surface area contributed by atoms with Gasteiger partial charge >= 0.3 is 5.97 Å². The third-order valence-electron chi connectivity index (χ3n) is 6.86. The van der Waals surface area contributed by atoms with Gasteiger partial charge in [0.15, 0.2) is 0 Å². The lowest BCUT2D eigenvalue weighted by atomic mass is 9.97. The van der Waals surface area contributed by atoms with E-state index in [4.69, 9.17) is 5.73 Å². The Labute approximate surface area is 234 Å². The normalized spacial score (nSPS) is 15.3. The molecule has 0 bridgehead atoms. The van der Waals surface area contributed by atoms with Crippen molar-refractivity contribution in [2.75, 3.05) is 12.0 Å². The average Bonchev–Trinajstić information content (AvgIpc) is 3.31. The molecule has 0 saturated carbocycles. The molecule has 0 saturated heterocycles. The molecule has 7 N–H and O–H groups in total. The Hall–Kier alpha value is -3.05.